The highest BCUT2D eigenvalue weighted by Crippen LogP contribution is 2.45. The molecule has 0 saturated carbocycles. The van der Waals surface area contributed by atoms with Crippen LogP contribution in [0.15, 0.2) is 0 Å². The molecule has 0 radical (unpaired) electrons. The van der Waals surface area contributed by atoms with Crippen molar-refractivity contribution in [1.82, 2.24) is 0 Å². The summed E-state index contributed by atoms with van der Waals surface area (Å²) in [4.78, 5) is 73.1. The van der Waals surface area contributed by atoms with Gasteiger partial charge in [-0.2, -0.15) is 0 Å². The maximum absolute atomic E-state index is 13.1. The molecule has 3 N–H and O–H groups in total. The summed E-state index contributed by atoms with van der Waals surface area (Å²) in [6.07, 6.45) is 68.0. The van der Waals surface area contributed by atoms with Gasteiger partial charge in [-0.15, -0.1) is 0 Å². The summed E-state index contributed by atoms with van der Waals surface area (Å²) in [6.45, 7) is 9.71. The number of aliphatic hydroxyl groups is 1. The highest BCUT2D eigenvalue weighted by atomic mass is 31.2. The molecule has 0 heterocycles. The number of esters is 4. The summed E-state index contributed by atoms with van der Waals surface area (Å²) in [7, 11) is -9.92. The number of phosphoric acid groups is 2. The second kappa shape index (κ2) is 76.4. The van der Waals surface area contributed by atoms with Crippen LogP contribution in [-0.4, -0.2) is 96.7 Å². The van der Waals surface area contributed by atoms with Gasteiger partial charge in [0.1, 0.15) is 19.3 Å². The molecule has 0 fully saturated rings. The Labute approximate surface area is 638 Å². The summed E-state index contributed by atoms with van der Waals surface area (Å²) < 4.78 is 68.8. The molecule has 0 aromatic heterocycles. The smallest absolute Gasteiger partial charge is 0.462 e. The summed E-state index contributed by atoms with van der Waals surface area (Å²) in [5.41, 5.74) is 0. The van der Waals surface area contributed by atoms with Crippen LogP contribution in [0.4, 0.5) is 0 Å². The van der Waals surface area contributed by atoms with E-state index in [0.717, 1.165) is 102 Å². The molecule has 0 bridgehead atoms. The first kappa shape index (κ1) is 102. The molecule has 6 atom stereocenters. The third-order valence-electron chi connectivity index (χ3n) is 20.3. The first-order chi connectivity index (χ1) is 50.4. The van der Waals surface area contributed by atoms with Crippen LogP contribution in [0.5, 0.6) is 0 Å². The minimum Gasteiger partial charge on any atom is -0.462 e. The highest BCUT2D eigenvalue weighted by molar-refractivity contribution is 7.47. The zero-order valence-electron chi connectivity index (χ0n) is 68.3. The maximum Gasteiger partial charge on any atom is 0.472 e. The molecule has 0 aliphatic rings. The minimum atomic E-state index is -4.97. The van der Waals surface area contributed by atoms with E-state index >= 15 is 0 Å². The van der Waals surface area contributed by atoms with E-state index in [2.05, 4.69) is 41.5 Å². The number of carbonyl (C=O) groups excluding carboxylic acids is 4. The van der Waals surface area contributed by atoms with Crippen molar-refractivity contribution < 1.29 is 80.2 Å². The minimum absolute atomic E-state index is 0.107. The summed E-state index contributed by atoms with van der Waals surface area (Å²) in [6, 6.07) is 0. The highest BCUT2D eigenvalue weighted by Gasteiger charge is 2.30. The largest absolute Gasteiger partial charge is 0.472 e. The number of hydrogen-bond acceptors (Lipinski definition) is 15. The lowest BCUT2D eigenvalue weighted by atomic mass is 9.99. The predicted octanol–water partition coefficient (Wildman–Crippen LogP) is 25.8. The molecular formula is C85H166O17P2. The molecule has 0 amide bonds. The number of unbranched alkanes of at least 4 members (excludes halogenated alkanes) is 53. The van der Waals surface area contributed by atoms with E-state index in [1.807, 2.05) is 0 Å². The Balaban J connectivity index is 5.22. The van der Waals surface area contributed by atoms with Crippen LogP contribution in [0.25, 0.3) is 0 Å². The van der Waals surface area contributed by atoms with Crippen molar-refractivity contribution in [3.63, 3.8) is 0 Å². The average Bonchev–Trinajstić information content (AvgIpc) is 1.000. The van der Waals surface area contributed by atoms with Crippen LogP contribution in [0.3, 0.4) is 0 Å². The van der Waals surface area contributed by atoms with Gasteiger partial charge < -0.3 is 33.8 Å². The lowest BCUT2D eigenvalue weighted by Crippen LogP contribution is -2.30. The van der Waals surface area contributed by atoms with E-state index in [1.54, 1.807) is 0 Å². The number of phosphoric ester groups is 2. The molecular weight excluding hydrogens is 1350 g/mol. The topological polar surface area (TPSA) is 237 Å². The number of carbonyl (C=O) groups is 4. The first-order valence-corrected chi connectivity index (χ1v) is 47.0. The second-order valence-corrected chi connectivity index (χ2v) is 34.2. The number of hydrogen-bond donors (Lipinski definition) is 3. The first-order valence-electron chi connectivity index (χ1n) is 44.0. The van der Waals surface area contributed by atoms with Gasteiger partial charge in [0, 0.05) is 25.7 Å². The lowest BCUT2D eigenvalue weighted by molar-refractivity contribution is -0.161. The Kier molecular flexibility index (Phi) is 75.0. The van der Waals surface area contributed by atoms with Gasteiger partial charge >= 0.3 is 39.5 Å². The van der Waals surface area contributed by atoms with Gasteiger partial charge in [-0.05, 0) is 37.5 Å². The second-order valence-electron chi connectivity index (χ2n) is 31.3. The molecule has 104 heavy (non-hydrogen) atoms. The van der Waals surface area contributed by atoms with Gasteiger partial charge in [-0.25, -0.2) is 9.13 Å². The van der Waals surface area contributed by atoms with E-state index in [9.17, 15) is 43.2 Å². The molecule has 3 unspecified atom stereocenters. The predicted molar refractivity (Wildman–Crippen MR) is 428 cm³/mol. The van der Waals surface area contributed by atoms with Crippen molar-refractivity contribution in [2.45, 2.75) is 471 Å². The molecule has 0 spiro atoms. The summed E-state index contributed by atoms with van der Waals surface area (Å²) in [5.74, 6) is -0.480. The van der Waals surface area contributed by atoms with Gasteiger partial charge in [0.25, 0.3) is 0 Å². The van der Waals surface area contributed by atoms with E-state index in [1.165, 1.54) is 270 Å². The van der Waals surface area contributed by atoms with Crippen LogP contribution in [-0.2, 0) is 65.4 Å². The lowest BCUT2D eigenvalue weighted by Gasteiger charge is -2.21. The van der Waals surface area contributed by atoms with Crippen molar-refractivity contribution in [2.75, 3.05) is 39.6 Å². The van der Waals surface area contributed by atoms with Crippen LogP contribution >= 0.6 is 15.6 Å². The van der Waals surface area contributed by atoms with Gasteiger partial charge in [0.15, 0.2) is 12.2 Å². The van der Waals surface area contributed by atoms with Crippen molar-refractivity contribution in [2.24, 2.45) is 11.8 Å². The van der Waals surface area contributed by atoms with Crippen molar-refractivity contribution >= 4 is 39.5 Å². The van der Waals surface area contributed by atoms with Crippen molar-refractivity contribution in [3.8, 4) is 0 Å². The fraction of sp³-hybridized carbons (Fsp3) is 0.953. The Morgan fingerprint density at radius 1 is 0.279 bits per heavy atom. The molecule has 17 nitrogen and oxygen atoms in total. The Hall–Kier alpha value is -1.94. The third-order valence-corrected chi connectivity index (χ3v) is 22.2. The molecule has 0 aromatic rings. The standard InChI is InChI=1S/C85H166O17P2/c1-7-10-12-14-16-18-20-21-22-23-24-28-31-34-37-44-50-56-62-68-83(88)96-74-81(101-84(89)69-63-57-51-45-38-35-32-29-26-25-27-30-33-36-41-47-53-59-65-77(4)5)76-100-104(93,94)98-72-79(86)71-97-103(91,92)99-75-80(73-95-82(87)67-61-55-49-43-19-17-15-13-11-8-2)102-85(90)70-64-58-52-46-40-39-42-48-54-60-66-78(6)9-3/h77-81,86H,7-76H2,1-6H3,(H,91,92)(H,93,94)/t78?,79-,80+,81+/m0/s1. The fourth-order valence-corrected chi connectivity index (χ4v) is 14.8. The van der Waals surface area contributed by atoms with Crippen LogP contribution in [0.2, 0.25) is 0 Å². The number of rotatable bonds is 84. The van der Waals surface area contributed by atoms with Crippen LogP contribution in [0, 0.1) is 11.8 Å². The summed E-state index contributed by atoms with van der Waals surface area (Å²) >= 11 is 0. The van der Waals surface area contributed by atoms with Crippen molar-refractivity contribution in [1.29, 1.82) is 0 Å². The third kappa shape index (κ3) is 76.8. The number of aliphatic hydroxyl groups excluding tert-OH is 1. The van der Waals surface area contributed by atoms with Gasteiger partial charge in [-0.1, -0.05) is 401 Å². The zero-order chi connectivity index (χ0) is 76.4. The quantitative estimate of drug-likeness (QED) is 0.0222. The van der Waals surface area contributed by atoms with E-state index < -0.39 is 97.5 Å². The van der Waals surface area contributed by atoms with Crippen LogP contribution in [0.1, 0.15) is 452 Å². The van der Waals surface area contributed by atoms with Crippen molar-refractivity contribution in [3.05, 3.63) is 0 Å². The SMILES string of the molecule is CCCCCCCCCCCCCCCCCCCCCC(=O)OC[C@H](COP(=O)(O)OC[C@@H](O)COP(=O)(O)OC[C@@H](COC(=O)CCCCCCCCCCCC)OC(=O)CCCCCCCCCCCCC(C)CC)OC(=O)CCCCCCCCCCCCCCCCCCCCC(C)C. The zero-order valence-corrected chi connectivity index (χ0v) is 70.1. The molecule has 0 aliphatic carbocycles. The fourth-order valence-electron chi connectivity index (χ4n) is 13.2. The molecule has 19 heteroatoms. The average molecular weight is 1520 g/mol. The van der Waals surface area contributed by atoms with Gasteiger partial charge in [0.05, 0.1) is 26.4 Å². The molecule has 0 saturated heterocycles. The normalized spacial score (nSPS) is 14.1. The summed E-state index contributed by atoms with van der Waals surface area (Å²) in [5, 5.41) is 10.7. The Bertz CT molecular complexity index is 2000. The maximum atomic E-state index is 13.1. The Morgan fingerprint density at radius 3 is 0.731 bits per heavy atom. The van der Waals surface area contributed by atoms with E-state index in [-0.39, 0.29) is 25.7 Å². The van der Waals surface area contributed by atoms with Gasteiger partial charge in [0.2, 0.25) is 0 Å². The van der Waals surface area contributed by atoms with E-state index in [4.69, 9.17) is 37.0 Å². The monoisotopic (exact) mass is 1520 g/mol. The molecule has 0 rings (SSSR count). The van der Waals surface area contributed by atoms with E-state index in [0.29, 0.717) is 25.7 Å². The van der Waals surface area contributed by atoms with Gasteiger partial charge in [-0.3, -0.25) is 37.3 Å². The molecule has 618 valence electrons. The number of ether oxygens (including phenoxy) is 4. The molecule has 0 aromatic carbocycles. The van der Waals surface area contributed by atoms with Crippen LogP contribution < -0.4 is 0 Å². The molecule has 0 aliphatic heterocycles. The Morgan fingerprint density at radius 2 is 0.490 bits per heavy atom.